The van der Waals surface area contributed by atoms with Gasteiger partial charge in [0.2, 0.25) is 10.0 Å². The first-order valence-electron chi connectivity index (χ1n) is 7.81. The van der Waals surface area contributed by atoms with Gasteiger partial charge in [0.25, 0.3) is 0 Å². The Hall–Kier alpha value is -0.620. The Morgan fingerprint density at radius 1 is 1.23 bits per heavy atom. The first-order valence-corrected chi connectivity index (χ1v) is 9.29. The molecule has 0 radical (unpaired) electrons. The zero-order valence-electron chi connectivity index (χ0n) is 13.0. The number of sulfonamides is 1. The topological polar surface area (TPSA) is 58.2 Å². The van der Waals surface area contributed by atoms with Crippen molar-refractivity contribution in [2.45, 2.75) is 43.9 Å². The maximum absolute atomic E-state index is 12.5. The maximum atomic E-state index is 12.5. The van der Waals surface area contributed by atoms with Crippen LogP contribution in [-0.2, 0) is 22.9 Å². The molecule has 22 heavy (non-hydrogen) atoms. The molecule has 1 aromatic carbocycles. The van der Waals surface area contributed by atoms with Crippen LogP contribution in [0.2, 0.25) is 0 Å². The van der Waals surface area contributed by atoms with Crippen molar-refractivity contribution in [2.24, 2.45) is 5.41 Å². The summed E-state index contributed by atoms with van der Waals surface area (Å²) in [5, 5.41) is 3.35. The van der Waals surface area contributed by atoms with Crippen molar-refractivity contribution >= 4 is 22.4 Å². The van der Waals surface area contributed by atoms with E-state index in [1.807, 2.05) is 12.1 Å². The van der Waals surface area contributed by atoms with Crippen LogP contribution in [0.15, 0.2) is 23.1 Å². The molecule has 1 atom stereocenters. The summed E-state index contributed by atoms with van der Waals surface area (Å²) in [4.78, 5) is 0.413. The number of hydrogen-bond donors (Lipinski definition) is 2. The van der Waals surface area contributed by atoms with Gasteiger partial charge in [-0.2, -0.15) is 0 Å². The molecule has 0 aromatic heterocycles. The molecule has 0 bridgehead atoms. The third-order valence-electron chi connectivity index (χ3n) is 4.75. The molecule has 1 heterocycles. The van der Waals surface area contributed by atoms with Crippen LogP contribution in [-0.4, -0.2) is 28.1 Å². The van der Waals surface area contributed by atoms with Gasteiger partial charge in [0.15, 0.2) is 0 Å². The number of hydrogen-bond acceptors (Lipinski definition) is 3. The van der Waals surface area contributed by atoms with Crippen molar-refractivity contribution in [3.8, 4) is 0 Å². The lowest BCUT2D eigenvalue weighted by Gasteiger charge is -2.34. The normalized spacial score (nSPS) is 24.6. The van der Waals surface area contributed by atoms with Crippen LogP contribution in [0.3, 0.4) is 0 Å². The molecule has 1 unspecified atom stereocenters. The Bertz CT molecular complexity index is 625. The molecule has 0 spiro atoms. The van der Waals surface area contributed by atoms with E-state index in [9.17, 15) is 8.42 Å². The molecule has 2 N–H and O–H groups in total. The lowest BCUT2D eigenvalue weighted by Crippen LogP contribution is -2.45. The highest BCUT2D eigenvalue weighted by molar-refractivity contribution is 7.89. The molecule has 2 aliphatic rings. The summed E-state index contributed by atoms with van der Waals surface area (Å²) in [6, 6.07) is 5.57. The lowest BCUT2D eigenvalue weighted by molar-refractivity contribution is 0.238. The molecule has 6 heteroatoms. The summed E-state index contributed by atoms with van der Waals surface area (Å²) >= 11 is 0. The van der Waals surface area contributed by atoms with E-state index in [0.29, 0.717) is 11.4 Å². The summed E-state index contributed by atoms with van der Waals surface area (Å²) < 4.78 is 27.8. The number of piperidine rings is 1. The van der Waals surface area contributed by atoms with Crippen molar-refractivity contribution in [2.75, 3.05) is 19.6 Å². The molecule has 3 rings (SSSR count). The number of fused-ring (bicyclic) bond motifs is 1. The Kier molecular flexibility index (Phi) is 5.54. The summed E-state index contributed by atoms with van der Waals surface area (Å²) in [6.07, 6.45) is 5.38. The fourth-order valence-corrected chi connectivity index (χ4v) is 4.59. The number of aryl methyl sites for hydroxylation is 2. The van der Waals surface area contributed by atoms with Crippen LogP contribution >= 0.6 is 12.4 Å². The molecule has 1 aliphatic carbocycles. The largest absolute Gasteiger partial charge is 0.316 e. The van der Waals surface area contributed by atoms with E-state index in [1.165, 1.54) is 11.1 Å². The van der Waals surface area contributed by atoms with Gasteiger partial charge < -0.3 is 5.32 Å². The molecule has 0 amide bonds. The average molecular weight is 345 g/mol. The highest BCUT2D eigenvalue weighted by Gasteiger charge is 2.29. The molecule has 1 fully saturated rings. The van der Waals surface area contributed by atoms with Crippen LogP contribution in [0, 0.1) is 5.41 Å². The number of halogens is 1. The van der Waals surface area contributed by atoms with Gasteiger partial charge in [-0.05, 0) is 67.3 Å². The van der Waals surface area contributed by atoms with Gasteiger partial charge >= 0.3 is 0 Å². The van der Waals surface area contributed by atoms with Gasteiger partial charge in [-0.3, -0.25) is 0 Å². The quantitative estimate of drug-likeness (QED) is 0.880. The summed E-state index contributed by atoms with van der Waals surface area (Å²) in [5.74, 6) is 0. The predicted molar refractivity (Wildman–Crippen MR) is 91.1 cm³/mol. The molecule has 4 nitrogen and oxygen atoms in total. The number of nitrogens with one attached hydrogen (secondary N) is 2. The van der Waals surface area contributed by atoms with Gasteiger partial charge in [-0.25, -0.2) is 13.1 Å². The molecular weight excluding hydrogens is 320 g/mol. The summed E-state index contributed by atoms with van der Waals surface area (Å²) in [6.45, 7) is 4.55. The second-order valence-corrected chi connectivity index (χ2v) is 8.47. The third kappa shape index (κ3) is 3.82. The zero-order chi connectivity index (χ0) is 14.9. The van der Waals surface area contributed by atoms with Crippen molar-refractivity contribution in [3.05, 3.63) is 29.3 Å². The van der Waals surface area contributed by atoms with Gasteiger partial charge in [-0.1, -0.05) is 13.0 Å². The summed E-state index contributed by atoms with van der Waals surface area (Å²) in [7, 11) is -3.40. The molecule has 0 saturated carbocycles. The van der Waals surface area contributed by atoms with E-state index in [2.05, 4.69) is 17.0 Å². The fraction of sp³-hybridized carbons (Fsp3) is 0.625. The van der Waals surface area contributed by atoms with E-state index in [-0.39, 0.29) is 17.8 Å². The van der Waals surface area contributed by atoms with Crippen LogP contribution in [0.25, 0.3) is 0 Å². The van der Waals surface area contributed by atoms with Gasteiger partial charge in [0, 0.05) is 13.1 Å². The minimum Gasteiger partial charge on any atom is -0.316 e. The Morgan fingerprint density at radius 3 is 2.73 bits per heavy atom. The number of benzene rings is 1. The van der Waals surface area contributed by atoms with Crippen molar-refractivity contribution in [1.82, 2.24) is 10.0 Å². The first kappa shape index (κ1) is 17.7. The zero-order valence-corrected chi connectivity index (χ0v) is 14.7. The van der Waals surface area contributed by atoms with Gasteiger partial charge in [0.05, 0.1) is 4.90 Å². The van der Waals surface area contributed by atoms with Crippen molar-refractivity contribution in [3.63, 3.8) is 0 Å². The first-order chi connectivity index (χ1) is 9.99. The molecule has 124 valence electrons. The van der Waals surface area contributed by atoms with Crippen molar-refractivity contribution < 1.29 is 8.42 Å². The van der Waals surface area contributed by atoms with E-state index in [0.717, 1.165) is 45.2 Å². The SMILES string of the molecule is CC1(CNS(=O)(=O)c2ccc3c(c2)CCC3)CCCNC1.Cl. The van der Waals surface area contributed by atoms with Crippen molar-refractivity contribution in [1.29, 1.82) is 0 Å². The van der Waals surface area contributed by atoms with Gasteiger partial charge in [-0.15, -0.1) is 12.4 Å². The highest BCUT2D eigenvalue weighted by atomic mass is 35.5. The molecular formula is C16H25ClN2O2S. The minimum atomic E-state index is -3.40. The van der Waals surface area contributed by atoms with Gasteiger partial charge in [0.1, 0.15) is 0 Å². The smallest absolute Gasteiger partial charge is 0.240 e. The predicted octanol–water partition coefficient (Wildman–Crippen LogP) is 2.27. The monoisotopic (exact) mass is 344 g/mol. The van der Waals surface area contributed by atoms with E-state index in [1.54, 1.807) is 6.07 Å². The fourth-order valence-electron chi connectivity index (χ4n) is 3.34. The Morgan fingerprint density at radius 2 is 2.00 bits per heavy atom. The third-order valence-corrected chi connectivity index (χ3v) is 6.15. The van der Waals surface area contributed by atoms with Crippen LogP contribution in [0.5, 0.6) is 0 Å². The number of rotatable bonds is 4. The molecule has 1 aliphatic heterocycles. The van der Waals surface area contributed by atoms with Crippen LogP contribution in [0.4, 0.5) is 0 Å². The van der Waals surface area contributed by atoms with E-state index >= 15 is 0 Å². The molecule has 1 saturated heterocycles. The lowest BCUT2D eigenvalue weighted by atomic mass is 9.83. The Balaban J connectivity index is 0.00000176. The average Bonchev–Trinajstić information content (AvgIpc) is 2.94. The van der Waals surface area contributed by atoms with Crippen LogP contribution < -0.4 is 10.0 Å². The second kappa shape index (κ2) is 6.87. The van der Waals surface area contributed by atoms with E-state index in [4.69, 9.17) is 0 Å². The summed E-state index contributed by atoms with van der Waals surface area (Å²) in [5.41, 5.74) is 2.52. The Labute approximate surface area is 139 Å². The van der Waals surface area contributed by atoms with E-state index < -0.39 is 10.0 Å². The standard InChI is InChI=1S/C16H24N2O2S.ClH/c1-16(8-3-9-17-11-16)12-18-21(19,20)15-7-6-13-4-2-5-14(13)10-15;/h6-7,10,17-18H,2-5,8-9,11-12H2,1H3;1H. The van der Waals surface area contributed by atoms with Crippen LogP contribution in [0.1, 0.15) is 37.3 Å². The maximum Gasteiger partial charge on any atom is 0.240 e. The second-order valence-electron chi connectivity index (χ2n) is 6.70. The highest BCUT2D eigenvalue weighted by Crippen LogP contribution is 2.27. The minimum absolute atomic E-state index is 0. The molecule has 1 aromatic rings.